The Balaban J connectivity index is 0.00000121. The summed E-state index contributed by atoms with van der Waals surface area (Å²) in [6, 6.07) is 6.58. The minimum absolute atomic E-state index is 0. The Labute approximate surface area is 66.1 Å². The maximum atomic E-state index is 10.8. The zero-order valence-electron chi connectivity index (χ0n) is 6.16. The second-order valence-electron chi connectivity index (χ2n) is 2.25. The maximum Gasteiger partial charge on any atom is 0.159 e. The van der Waals surface area contributed by atoms with Gasteiger partial charge in [-0.15, -0.1) is 0 Å². The molecule has 0 fully saturated rings. The number of Topliss-reactive ketones (excluding diaryl/α,β-unsaturated/α-hetero) is 1. The van der Waals surface area contributed by atoms with Crippen molar-refractivity contribution >= 4 is 11.5 Å². The summed E-state index contributed by atoms with van der Waals surface area (Å²) >= 11 is 0. The van der Waals surface area contributed by atoms with Gasteiger partial charge < -0.3 is 0 Å². The fraction of sp³-hybridized carbons (Fsp3) is 0.125. The van der Waals surface area contributed by atoms with Gasteiger partial charge in [0.25, 0.3) is 0 Å². The lowest BCUT2D eigenvalue weighted by molar-refractivity contribution is 0.101. The van der Waals surface area contributed by atoms with E-state index < -0.39 is 0 Å². The first-order chi connectivity index (χ1) is 5.24. The standard InChI is InChI=1S/C8H9NO2.H2/c1-6(10)7-2-4-8(9-11)5-3-7;/h2-5,9,11H,1H3;1H. The van der Waals surface area contributed by atoms with Crippen molar-refractivity contribution in [3.8, 4) is 0 Å². The van der Waals surface area contributed by atoms with Crippen LogP contribution < -0.4 is 5.48 Å². The third-order valence-electron chi connectivity index (χ3n) is 1.42. The van der Waals surface area contributed by atoms with E-state index in [1.54, 1.807) is 24.3 Å². The van der Waals surface area contributed by atoms with Gasteiger partial charge >= 0.3 is 0 Å². The van der Waals surface area contributed by atoms with Gasteiger partial charge in [0.2, 0.25) is 0 Å². The van der Waals surface area contributed by atoms with Crippen LogP contribution in [0.25, 0.3) is 0 Å². The number of nitrogens with one attached hydrogen (secondary N) is 1. The molecule has 2 N–H and O–H groups in total. The summed E-state index contributed by atoms with van der Waals surface area (Å²) in [5, 5.41) is 8.43. The molecule has 0 radical (unpaired) electrons. The molecule has 0 saturated heterocycles. The number of ketones is 1. The highest BCUT2D eigenvalue weighted by Gasteiger charge is 1.96. The Bertz CT molecular complexity index is 258. The number of anilines is 1. The predicted molar refractivity (Wildman–Crippen MR) is 44.0 cm³/mol. The van der Waals surface area contributed by atoms with E-state index in [-0.39, 0.29) is 7.21 Å². The molecule has 11 heavy (non-hydrogen) atoms. The Morgan fingerprint density at radius 1 is 1.45 bits per heavy atom. The van der Waals surface area contributed by atoms with E-state index in [0.29, 0.717) is 11.3 Å². The molecule has 1 aromatic rings. The highest BCUT2D eigenvalue weighted by atomic mass is 16.5. The van der Waals surface area contributed by atoms with Crippen molar-refractivity contribution < 1.29 is 11.4 Å². The topological polar surface area (TPSA) is 49.3 Å². The fourth-order valence-corrected chi connectivity index (χ4v) is 0.779. The largest absolute Gasteiger partial charge is 0.295 e. The number of benzene rings is 1. The summed E-state index contributed by atoms with van der Waals surface area (Å²) in [6.07, 6.45) is 0. The minimum atomic E-state index is 0. The fourth-order valence-electron chi connectivity index (χ4n) is 0.779. The molecule has 3 heteroatoms. The molecule has 0 heterocycles. The maximum absolute atomic E-state index is 10.8. The lowest BCUT2D eigenvalue weighted by atomic mass is 10.1. The van der Waals surface area contributed by atoms with Gasteiger partial charge in [-0.25, -0.2) is 0 Å². The molecule has 1 aromatic carbocycles. The lowest BCUT2D eigenvalue weighted by Crippen LogP contribution is -1.93. The van der Waals surface area contributed by atoms with Crippen molar-refractivity contribution in [3.05, 3.63) is 29.8 Å². The van der Waals surface area contributed by atoms with E-state index in [4.69, 9.17) is 5.21 Å². The highest BCUT2D eigenvalue weighted by molar-refractivity contribution is 5.94. The molecule has 0 aromatic heterocycles. The summed E-state index contributed by atoms with van der Waals surface area (Å²) in [5.74, 6) is 0.0227. The zero-order valence-corrected chi connectivity index (χ0v) is 6.16. The summed E-state index contributed by atoms with van der Waals surface area (Å²) in [7, 11) is 0. The summed E-state index contributed by atoms with van der Waals surface area (Å²) in [5.41, 5.74) is 3.20. The Hall–Kier alpha value is -1.35. The molecule has 0 aliphatic carbocycles. The van der Waals surface area contributed by atoms with Gasteiger partial charge in [-0.3, -0.25) is 15.5 Å². The van der Waals surface area contributed by atoms with Gasteiger partial charge in [0.05, 0.1) is 5.69 Å². The Morgan fingerprint density at radius 3 is 2.36 bits per heavy atom. The van der Waals surface area contributed by atoms with Crippen molar-refractivity contribution in [2.45, 2.75) is 6.92 Å². The van der Waals surface area contributed by atoms with Crippen LogP contribution in [0.2, 0.25) is 0 Å². The first-order valence-electron chi connectivity index (χ1n) is 3.25. The number of rotatable bonds is 2. The number of carbonyl (C=O) groups is 1. The van der Waals surface area contributed by atoms with Gasteiger partial charge in [0.1, 0.15) is 0 Å². The predicted octanol–water partition coefficient (Wildman–Crippen LogP) is 1.94. The van der Waals surface area contributed by atoms with Gasteiger partial charge in [-0.1, -0.05) is 0 Å². The van der Waals surface area contributed by atoms with E-state index >= 15 is 0 Å². The van der Waals surface area contributed by atoms with E-state index in [2.05, 4.69) is 0 Å². The third-order valence-corrected chi connectivity index (χ3v) is 1.42. The number of carbonyl (C=O) groups excluding carboxylic acids is 1. The van der Waals surface area contributed by atoms with Crippen molar-refractivity contribution in [1.82, 2.24) is 0 Å². The second-order valence-corrected chi connectivity index (χ2v) is 2.25. The first-order valence-corrected chi connectivity index (χ1v) is 3.25. The second kappa shape index (κ2) is 3.16. The first kappa shape index (κ1) is 7.75. The summed E-state index contributed by atoms with van der Waals surface area (Å²) < 4.78 is 0. The van der Waals surface area contributed by atoms with Crippen LogP contribution in [-0.2, 0) is 0 Å². The third kappa shape index (κ3) is 1.78. The molecule has 0 atom stereocenters. The SMILES string of the molecule is CC(=O)c1ccc(NO)cc1.[HH]. The smallest absolute Gasteiger partial charge is 0.159 e. The van der Waals surface area contributed by atoms with Crippen LogP contribution >= 0.6 is 0 Å². The van der Waals surface area contributed by atoms with E-state index in [9.17, 15) is 4.79 Å². The minimum Gasteiger partial charge on any atom is -0.295 e. The van der Waals surface area contributed by atoms with Crippen LogP contribution in [0.3, 0.4) is 0 Å². The normalized spacial score (nSPS) is 9.27. The van der Waals surface area contributed by atoms with Crippen molar-refractivity contribution in [3.63, 3.8) is 0 Å². The van der Waals surface area contributed by atoms with Gasteiger partial charge in [0.15, 0.2) is 5.78 Å². The van der Waals surface area contributed by atoms with Crippen LogP contribution in [-0.4, -0.2) is 11.0 Å². The molecule has 3 nitrogen and oxygen atoms in total. The highest BCUT2D eigenvalue weighted by Crippen LogP contribution is 2.08. The molecule has 60 valence electrons. The summed E-state index contributed by atoms with van der Waals surface area (Å²) in [4.78, 5) is 10.8. The van der Waals surface area contributed by atoms with E-state index in [0.717, 1.165) is 0 Å². The molecular weight excluding hydrogens is 142 g/mol. The number of hydrogen-bond donors (Lipinski definition) is 2. The van der Waals surface area contributed by atoms with Gasteiger partial charge in [-0.05, 0) is 31.2 Å². The molecule has 0 bridgehead atoms. The van der Waals surface area contributed by atoms with E-state index in [1.807, 2.05) is 5.48 Å². The van der Waals surface area contributed by atoms with Crippen molar-refractivity contribution in [1.29, 1.82) is 0 Å². The average Bonchev–Trinajstić information content (AvgIpc) is 2.05. The Morgan fingerprint density at radius 2 is 2.00 bits per heavy atom. The molecular formula is C8H11NO2. The quantitative estimate of drug-likeness (QED) is 0.504. The molecule has 0 unspecified atom stereocenters. The molecule has 0 amide bonds. The van der Waals surface area contributed by atoms with Crippen molar-refractivity contribution in [2.24, 2.45) is 0 Å². The number of hydrogen-bond acceptors (Lipinski definition) is 3. The van der Waals surface area contributed by atoms with Crippen LogP contribution in [0, 0.1) is 0 Å². The zero-order chi connectivity index (χ0) is 8.27. The van der Waals surface area contributed by atoms with Crippen LogP contribution in [0.5, 0.6) is 0 Å². The molecule has 0 aliphatic rings. The lowest BCUT2D eigenvalue weighted by Gasteiger charge is -1.98. The average molecular weight is 153 g/mol. The molecule has 0 saturated carbocycles. The van der Waals surface area contributed by atoms with Crippen LogP contribution in [0.4, 0.5) is 5.69 Å². The van der Waals surface area contributed by atoms with Crippen LogP contribution in [0.15, 0.2) is 24.3 Å². The Kier molecular flexibility index (Phi) is 2.23. The van der Waals surface area contributed by atoms with Crippen molar-refractivity contribution in [2.75, 3.05) is 5.48 Å². The monoisotopic (exact) mass is 153 g/mol. The van der Waals surface area contributed by atoms with E-state index in [1.165, 1.54) is 6.92 Å². The van der Waals surface area contributed by atoms with Gasteiger partial charge in [-0.2, -0.15) is 0 Å². The summed E-state index contributed by atoms with van der Waals surface area (Å²) in [6.45, 7) is 1.50. The molecule has 1 rings (SSSR count). The van der Waals surface area contributed by atoms with Crippen LogP contribution in [0.1, 0.15) is 18.7 Å². The molecule has 0 aliphatic heterocycles. The molecule has 0 spiro atoms. The van der Waals surface area contributed by atoms with Gasteiger partial charge in [0, 0.05) is 6.99 Å².